The third kappa shape index (κ3) is 2.11. The van der Waals surface area contributed by atoms with E-state index in [4.69, 9.17) is 5.73 Å². The molecule has 0 atom stereocenters. The molecule has 5 heteroatoms. The molecule has 0 spiro atoms. The van der Waals surface area contributed by atoms with E-state index in [1.165, 1.54) is 0 Å². The lowest BCUT2D eigenvalue weighted by Gasteiger charge is -2.16. The number of para-hydroxylation sites is 1. The number of hydrogen-bond acceptors (Lipinski definition) is 3. The summed E-state index contributed by atoms with van der Waals surface area (Å²) in [6.45, 7) is 1.45. The number of benzene rings is 1. The minimum atomic E-state index is -0.668. The quantitative estimate of drug-likeness (QED) is 0.899. The molecular formula is C15H15N3O2. The van der Waals surface area contributed by atoms with Crippen molar-refractivity contribution >= 4 is 22.7 Å². The molecule has 2 aromatic rings. The van der Waals surface area contributed by atoms with Crippen molar-refractivity contribution in [3.05, 3.63) is 41.6 Å². The van der Waals surface area contributed by atoms with Crippen LogP contribution in [0.3, 0.4) is 0 Å². The maximum Gasteiger partial charge on any atom is 0.268 e. The molecule has 2 heterocycles. The van der Waals surface area contributed by atoms with Gasteiger partial charge in [0.05, 0.1) is 11.1 Å². The Morgan fingerprint density at radius 1 is 1.15 bits per heavy atom. The molecule has 1 aromatic carbocycles. The second-order valence-corrected chi connectivity index (χ2v) is 4.94. The summed E-state index contributed by atoms with van der Waals surface area (Å²) in [4.78, 5) is 30.1. The number of nitrogens with two attached hydrogens (primary N) is 1. The van der Waals surface area contributed by atoms with E-state index in [0.29, 0.717) is 11.1 Å². The van der Waals surface area contributed by atoms with Crippen molar-refractivity contribution in [3.8, 4) is 0 Å². The van der Waals surface area contributed by atoms with E-state index < -0.39 is 5.91 Å². The van der Waals surface area contributed by atoms with Crippen LogP contribution in [-0.4, -0.2) is 34.8 Å². The van der Waals surface area contributed by atoms with Gasteiger partial charge in [0.2, 0.25) is 0 Å². The Kier molecular flexibility index (Phi) is 3.10. The second kappa shape index (κ2) is 4.92. The number of fused-ring (bicyclic) bond motifs is 1. The van der Waals surface area contributed by atoms with E-state index in [1.807, 2.05) is 18.2 Å². The number of pyridine rings is 1. The van der Waals surface area contributed by atoms with Crippen LogP contribution in [-0.2, 0) is 0 Å². The predicted molar refractivity (Wildman–Crippen MR) is 75.4 cm³/mol. The molecule has 102 valence electrons. The first-order chi connectivity index (χ1) is 9.66. The number of aromatic nitrogens is 1. The summed E-state index contributed by atoms with van der Waals surface area (Å²) in [6.07, 6.45) is 2.00. The molecule has 5 nitrogen and oxygen atoms in total. The fourth-order valence-electron chi connectivity index (χ4n) is 2.56. The average molecular weight is 269 g/mol. The minimum Gasteiger partial charge on any atom is -0.364 e. The van der Waals surface area contributed by atoms with Gasteiger partial charge >= 0.3 is 0 Å². The molecular weight excluding hydrogens is 254 g/mol. The standard InChI is InChI=1S/C15H15N3O2/c16-14(19)13-11(15(20)18-7-3-4-8-18)9-10-5-1-2-6-12(10)17-13/h1-2,5-6,9H,3-4,7-8H2,(H2,16,19). The van der Waals surface area contributed by atoms with Crippen molar-refractivity contribution in [2.24, 2.45) is 5.73 Å². The number of primary amides is 1. The Morgan fingerprint density at radius 2 is 1.85 bits per heavy atom. The van der Waals surface area contributed by atoms with Gasteiger partial charge in [-0.25, -0.2) is 4.98 Å². The Hall–Kier alpha value is -2.43. The molecule has 1 aliphatic rings. The molecule has 1 fully saturated rings. The van der Waals surface area contributed by atoms with Crippen molar-refractivity contribution in [1.82, 2.24) is 9.88 Å². The van der Waals surface area contributed by atoms with Crippen LogP contribution in [0.4, 0.5) is 0 Å². The summed E-state index contributed by atoms with van der Waals surface area (Å²) in [6, 6.07) is 9.09. The van der Waals surface area contributed by atoms with Crippen LogP contribution in [0.5, 0.6) is 0 Å². The largest absolute Gasteiger partial charge is 0.364 e. The van der Waals surface area contributed by atoms with Gasteiger partial charge in [0, 0.05) is 18.5 Å². The first-order valence-electron chi connectivity index (χ1n) is 6.65. The van der Waals surface area contributed by atoms with E-state index in [1.54, 1.807) is 17.0 Å². The van der Waals surface area contributed by atoms with Crippen LogP contribution in [0.2, 0.25) is 0 Å². The highest BCUT2D eigenvalue weighted by molar-refractivity contribution is 6.08. The van der Waals surface area contributed by atoms with Gasteiger partial charge in [-0.15, -0.1) is 0 Å². The number of amides is 2. The lowest BCUT2D eigenvalue weighted by atomic mass is 10.1. The average Bonchev–Trinajstić information content (AvgIpc) is 2.99. The number of rotatable bonds is 2. The zero-order valence-electron chi connectivity index (χ0n) is 11.0. The zero-order chi connectivity index (χ0) is 14.1. The first kappa shape index (κ1) is 12.6. The van der Waals surface area contributed by atoms with Gasteiger partial charge in [0.25, 0.3) is 11.8 Å². The summed E-state index contributed by atoms with van der Waals surface area (Å²) >= 11 is 0. The summed E-state index contributed by atoms with van der Waals surface area (Å²) in [5, 5.41) is 0.833. The van der Waals surface area contributed by atoms with E-state index in [9.17, 15) is 9.59 Å². The van der Waals surface area contributed by atoms with Crippen molar-refractivity contribution < 1.29 is 9.59 Å². The molecule has 1 saturated heterocycles. The number of nitrogens with zero attached hydrogens (tertiary/aromatic N) is 2. The van der Waals surface area contributed by atoms with Gasteiger partial charge in [0.1, 0.15) is 5.69 Å². The van der Waals surface area contributed by atoms with Crippen LogP contribution < -0.4 is 5.73 Å². The minimum absolute atomic E-state index is 0.0561. The Balaban J connectivity index is 2.14. The Labute approximate surface area is 116 Å². The van der Waals surface area contributed by atoms with Crippen LogP contribution in [0.25, 0.3) is 10.9 Å². The summed E-state index contributed by atoms with van der Waals surface area (Å²) in [7, 11) is 0. The molecule has 20 heavy (non-hydrogen) atoms. The maximum absolute atomic E-state index is 12.5. The van der Waals surface area contributed by atoms with E-state index in [2.05, 4.69) is 4.98 Å². The molecule has 0 saturated carbocycles. The lowest BCUT2D eigenvalue weighted by molar-refractivity contribution is 0.0786. The van der Waals surface area contributed by atoms with E-state index >= 15 is 0 Å². The normalized spacial score (nSPS) is 14.7. The van der Waals surface area contributed by atoms with Crippen LogP contribution in [0, 0.1) is 0 Å². The van der Waals surface area contributed by atoms with E-state index in [-0.39, 0.29) is 11.6 Å². The molecule has 0 bridgehead atoms. The fraction of sp³-hybridized carbons (Fsp3) is 0.267. The highest BCUT2D eigenvalue weighted by Crippen LogP contribution is 2.20. The predicted octanol–water partition coefficient (Wildman–Crippen LogP) is 1.57. The molecule has 0 unspecified atom stereocenters. The molecule has 2 N–H and O–H groups in total. The number of carbonyl (C=O) groups is 2. The molecule has 0 aliphatic carbocycles. The molecule has 2 amide bonds. The van der Waals surface area contributed by atoms with Gasteiger partial charge in [-0.2, -0.15) is 0 Å². The number of hydrogen-bond donors (Lipinski definition) is 1. The molecule has 0 radical (unpaired) electrons. The summed E-state index contributed by atoms with van der Waals surface area (Å²) in [5.41, 5.74) is 6.40. The number of likely N-dealkylation sites (tertiary alicyclic amines) is 1. The van der Waals surface area contributed by atoms with Crippen molar-refractivity contribution in [2.45, 2.75) is 12.8 Å². The molecule has 3 rings (SSSR count). The SMILES string of the molecule is NC(=O)c1nc2ccccc2cc1C(=O)N1CCCC1. The second-order valence-electron chi connectivity index (χ2n) is 4.94. The van der Waals surface area contributed by atoms with Crippen LogP contribution >= 0.6 is 0 Å². The summed E-state index contributed by atoms with van der Waals surface area (Å²) in [5.74, 6) is -0.826. The Morgan fingerprint density at radius 3 is 2.55 bits per heavy atom. The first-order valence-corrected chi connectivity index (χ1v) is 6.65. The lowest BCUT2D eigenvalue weighted by Crippen LogP contribution is -2.30. The van der Waals surface area contributed by atoms with Crippen molar-refractivity contribution in [2.75, 3.05) is 13.1 Å². The van der Waals surface area contributed by atoms with Gasteiger partial charge in [-0.3, -0.25) is 9.59 Å². The zero-order valence-corrected chi connectivity index (χ0v) is 11.0. The molecule has 1 aromatic heterocycles. The van der Waals surface area contributed by atoms with Crippen LogP contribution in [0.15, 0.2) is 30.3 Å². The van der Waals surface area contributed by atoms with Crippen LogP contribution in [0.1, 0.15) is 33.7 Å². The van der Waals surface area contributed by atoms with Gasteiger partial charge in [0.15, 0.2) is 0 Å². The monoisotopic (exact) mass is 269 g/mol. The highest BCUT2D eigenvalue weighted by atomic mass is 16.2. The van der Waals surface area contributed by atoms with Crippen molar-refractivity contribution in [1.29, 1.82) is 0 Å². The van der Waals surface area contributed by atoms with Gasteiger partial charge in [-0.1, -0.05) is 18.2 Å². The topological polar surface area (TPSA) is 76.3 Å². The van der Waals surface area contributed by atoms with Gasteiger partial charge in [-0.05, 0) is 25.0 Å². The summed E-state index contributed by atoms with van der Waals surface area (Å²) < 4.78 is 0. The third-order valence-electron chi connectivity index (χ3n) is 3.58. The smallest absolute Gasteiger partial charge is 0.268 e. The van der Waals surface area contributed by atoms with Gasteiger partial charge < -0.3 is 10.6 Å². The maximum atomic E-state index is 12.5. The fourth-order valence-corrected chi connectivity index (χ4v) is 2.56. The van der Waals surface area contributed by atoms with Crippen molar-refractivity contribution in [3.63, 3.8) is 0 Å². The Bertz CT molecular complexity index is 691. The third-order valence-corrected chi connectivity index (χ3v) is 3.58. The van der Waals surface area contributed by atoms with E-state index in [0.717, 1.165) is 31.3 Å². The number of carbonyl (C=O) groups excluding carboxylic acids is 2. The highest BCUT2D eigenvalue weighted by Gasteiger charge is 2.24. The molecule has 1 aliphatic heterocycles.